The minimum atomic E-state index is -0.173. The summed E-state index contributed by atoms with van der Waals surface area (Å²) in [6, 6.07) is 1.54. The van der Waals surface area contributed by atoms with Gasteiger partial charge in [-0.2, -0.15) is 0 Å². The Morgan fingerprint density at radius 2 is 2.56 bits per heavy atom. The molecule has 0 unspecified atom stereocenters. The van der Waals surface area contributed by atoms with Crippen molar-refractivity contribution < 1.29 is 19.4 Å². The number of aliphatic hydroxyl groups excluding tert-OH is 1. The Balaban J connectivity index is 1.90. The Bertz CT molecular complexity index is 366. The van der Waals surface area contributed by atoms with Gasteiger partial charge in [0.25, 0.3) is 5.91 Å². The molecule has 1 saturated heterocycles. The summed E-state index contributed by atoms with van der Waals surface area (Å²) in [5.74, 6) is -0.149. The maximum atomic E-state index is 11.9. The highest BCUT2D eigenvalue weighted by molar-refractivity contribution is 5.94. The third-order valence-electron chi connectivity index (χ3n) is 2.89. The van der Waals surface area contributed by atoms with Crippen molar-refractivity contribution in [3.8, 4) is 0 Å². The zero-order valence-electron chi connectivity index (χ0n) is 10.1. The number of aromatic amines is 1. The van der Waals surface area contributed by atoms with Gasteiger partial charge >= 0.3 is 0 Å². The molecule has 0 spiro atoms. The van der Waals surface area contributed by atoms with Gasteiger partial charge in [-0.25, -0.2) is 0 Å². The second-order valence-electron chi connectivity index (χ2n) is 4.18. The first-order valence-electron chi connectivity index (χ1n) is 6.05. The number of H-pyrrole nitrogens is 1. The topological polar surface area (TPSA) is 83.6 Å². The third kappa shape index (κ3) is 3.32. The molecule has 1 aliphatic heterocycles. The molecule has 1 aliphatic rings. The Morgan fingerprint density at radius 3 is 3.28 bits per heavy atom. The average molecular weight is 254 g/mol. The van der Waals surface area contributed by atoms with Crippen LogP contribution in [0.25, 0.3) is 0 Å². The van der Waals surface area contributed by atoms with Crippen molar-refractivity contribution in [1.82, 2.24) is 10.3 Å². The highest BCUT2D eigenvalue weighted by atomic mass is 16.5. The van der Waals surface area contributed by atoms with E-state index in [-0.39, 0.29) is 31.3 Å². The van der Waals surface area contributed by atoms with Crippen LogP contribution in [0.3, 0.4) is 0 Å². The fourth-order valence-corrected chi connectivity index (χ4v) is 1.97. The smallest absolute Gasteiger partial charge is 0.253 e. The highest BCUT2D eigenvalue weighted by Gasteiger charge is 2.28. The van der Waals surface area contributed by atoms with Crippen LogP contribution in [0.2, 0.25) is 0 Å². The SMILES string of the molecule is O=C(N[C@@H]1COCC[C@@H]1OCCO)c1cc[nH]c1. The van der Waals surface area contributed by atoms with Crippen molar-refractivity contribution in [1.29, 1.82) is 0 Å². The van der Waals surface area contributed by atoms with Crippen molar-refractivity contribution in [2.24, 2.45) is 0 Å². The molecule has 1 fully saturated rings. The Kier molecular flexibility index (Phi) is 4.74. The predicted molar refractivity (Wildman–Crippen MR) is 64.3 cm³/mol. The van der Waals surface area contributed by atoms with E-state index >= 15 is 0 Å². The molecule has 6 nitrogen and oxygen atoms in total. The quantitative estimate of drug-likeness (QED) is 0.686. The normalized spacial score (nSPS) is 23.8. The summed E-state index contributed by atoms with van der Waals surface area (Å²) in [4.78, 5) is 14.7. The molecule has 0 bridgehead atoms. The van der Waals surface area contributed by atoms with E-state index in [1.165, 1.54) is 0 Å². The van der Waals surface area contributed by atoms with Crippen LogP contribution in [0, 0.1) is 0 Å². The number of hydrogen-bond acceptors (Lipinski definition) is 4. The Morgan fingerprint density at radius 1 is 1.67 bits per heavy atom. The number of ether oxygens (including phenoxy) is 2. The molecule has 2 rings (SSSR count). The van der Waals surface area contributed by atoms with Gasteiger partial charge in [0.05, 0.1) is 37.5 Å². The van der Waals surface area contributed by atoms with E-state index in [1.807, 2.05) is 0 Å². The Hall–Kier alpha value is -1.37. The van der Waals surface area contributed by atoms with Gasteiger partial charge in [-0.05, 0) is 12.5 Å². The van der Waals surface area contributed by atoms with E-state index in [2.05, 4.69) is 10.3 Å². The molecule has 6 heteroatoms. The first kappa shape index (κ1) is 13.1. The maximum absolute atomic E-state index is 11.9. The lowest BCUT2D eigenvalue weighted by Crippen LogP contribution is -2.50. The van der Waals surface area contributed by atoms with Gasteiger partial charge in [0, 0.05) is 19.0 Å². The molecule has 0 aliphatic carbocycles. The van der Waals surface area contributed by atoms with Crippen molar-refractivity contribution in [3.63, 3.8) is 0 Å². The summed E-state index contributed by atoms with van der Waals surface area (Å²) >= 11 is 0. The van der Waals surface area contributed by atoms with Crippen LogP contribution >= 0.6 is 0 Å². The molecule has 1 aromatic heterocycles. The van der Waals surface area contributed by atoms with Gasteiger partial charge < -0.3 is 24.9 Å². The predicted octanol–water partition coefficient (Wildman–Crippen LogP) is -0.0891. The summed E-state index contributed by atoms with van der Waals surface area (Å²) in [6.45, 7) is 1.32. The highest BCUT2D eigenvalue weighted by Crippen LogP contribution is 2.12. The first-order valence-corrected chi connectivity index (χ1v) is 6.05. The van der Waals surface area contributed by atoms with Crippen LogP contribution in [-0.4, -0.2) is 54.6 Å². The standard InChI is InChI=1S/C12H18N2O4/c15-4-6-18-11-2-5-17-8-10(11)14-12(16)9-1-3-13-7-9/h1,3,7,10-11,13,15H,2,4-6,8H2,(H,14,16)/t10-,11+/m1/s1. The molecule has 2 heterocycles. The zero-order chi connectivity index (χ0) is 12.8. The van der Waals surface area contributed by atoms with Gasteiger partial charge in [-0.1, -0.05) is 0 Å². The summed E-state index contributed by atoms with van der Waals surface area (Å²) < 4.78 is 10.9. The molecule has 18 heavy (non-hydrogen) atoms. The summed E-state index contributed by atoms with van der Waals surface area (Å²) in [5.41, 5.74) is 0.585. The molecule has 0 aromatic carbocycles. The maximum Gasteiger partial charge on any atom is 0.253 e. The van der Waals surface area contributed by atoms with Crippen LogP contribution in [0.1, 0.15) is 16.8 Å². The molecule has 2 atom stereocenters. The molecular weight excluding hydrogens is 236 g/mol. The van der Waals surface area contributed by atoms with Crippen LogP contribution in [-0.2, 0) is 9.47 Å². The van der Waals surface area contributed by atoms with Crippen molar-refractivity contribution in [2.75, 3.05) is 26.4 Å². The van der Waals surface area contributed by atoms with Crippen LogP contribution in [0.5, 0.6) is 0 Å². The lowest BCUT2D eigenvalue weighted by atomic mass is 10.1. The molecule has 100 valence electrons. The molecule has 1 amide bonds. The van der Waals surface area contributed by atoms with E-state index in [9.17, 15) is 4.79 Å². The summed E-state index contributed by atoms with van der Waals surface area (Å²) in [7, 11) is 0. The Labute approximate surface area is 105 Å². The first-order chi connectivity index (χ1) is 8.81. The van der Waals surface area contributed by atoms with E-state index in [4.69, 9.17) is 14.6 Å². The zero-order valence-corrected chi connectivity index (χ0v) is 10.1. The molecule has 0 radical (unpaired) electrons. The number of aromatic nitrogens is 1. The second kappa shape index (κ2) is 6.53. The second-order valence-corrected chi connectivity index (χ2v) is 4.18. The van der Waals surface area contributed by atoms with Crippen molar-refractivity contribution in [2.45, 2.75) is 18.6 Å². The largest absolute Gasteiger partial charge is 0.394 e. The lowest BCUT2D eigenvalue weighted by molar-refractivity contribution is -0.0612. The molecule has 0 saturated carbocycles. The molecule has 1 aromatic rings. The number of amides is 1. The van der Waals surface area contributed by atoms with E-state index in [0.717, 1.165) is 6.42 Å². The number of carbonyl (C=O) groups is 1. The fourth-order valence-electron chi connectivity index (χ4n) is 1.97. The summed E-state index contributed by atoms with van der Waals surface area (Å²) in [6.07, 6.45) is 3.96. The number of rotatable bonds is 5. The van der Waals surface area contributed by atoms with Crippen LogP contribution < -0.4 is 5.32 Å². The number of carbonyl (C=O) groups excluding carboxylic acids is 1. The minimum Gasteiger partial charge on any atom is -0.394 e. The van der Waals surface area contributed by atoms with Gasteiger partial charge in [0.1, 0.15) is 0 Å². The average Bonchev–Trinajstić information content (AvgIpc) is 2.91. The number of nitrogens with one attached hydrogen (secondary N) is 2. The summed E-state index contributed by atoms with van der Waals surface area (Å²) in [5, 5.41) is 11.7. The van der Waals surface area contributed by atoms with Crippen molar-refractivity contribution >= 4 is 5.91 Å². The monoisotopic (exact) mass is 254 g/mol. The van der Waals surface area contributed by atoms with Gasteiger partial charge in [0.15, 0.2) is 0 Å². The van der Waals surface area contributed by atoms with Gasteiger partial charge in [-0.15, -0.1) is 0 Å². The van der Waals surface area contributed by atoms with Crippen molar-refractivity contribution in [3.05, 3.63) is 24.0 Å². The number of aliphatic hydroxyl groups is 1. The fraction of sp³-hybridized carbons (Fsp3) is 0.583. The lowest BCUT2D eigenvalue weighted by Gasteiger charge is -2.31. The van der Waals surface area contributed by atoms with Crippen LogP contribution in [0.4, 0.5) is 0 Å². The third-order valence-corrected chi connectivity index (χ3v) is 2.89. The van der Waals surface area contributed by atoms with Crippen LogP contribution in [0.15, 0.2) is 18.5 Å². The van der Waals surface area contributed by atoms with Gasteiger partial charge in [-0.3, -0.25) is 4.79 Å². The van der Waals surface area contributed by atoms with E-state index < -0.39 is 0 Å². The number of hydrogen-bond donors (Lipinski definition) is 3. The van der Waals surface area contributed by atoms with Gasteiger partial charge in [0.2, 0.25) is 0 Å². The minimum absolute atomic E-state index is 0.0180. The molecular formula is C12H18N2O4. The van der Waals surface area contributed by atoms with E-state index in [1.54, 1.807) is 18.5 Å². The molecule has 3 N–H and O–H groups in total. The van der Waals surface area contributed by atoms with E-state index in [0.29, 0.717) is 18.8 Å².